The van der Waals surface area contributed by atoms with Crippen LogP contribution in [0.25, 0.3) is 0 Å². The van der Waals surface area contributed by atoms with Crippen LogP contribution in [0.5, 0.6) is 17.2 Å². The zero-order chi connectivity index (χ0) is 23.9. The Balaban J connectivity index is 1.14. The molecule has 3 aliphatic heterocycles. The second-order valence-electron chi connectivity index (χ2n) is 9.00. The second kappa shape index (κ2) is 8.61. The number of hydrogen-bond acceptors (Lipinski definition) is 6. The average molecular weight is 472 g/mol. The molecule has 35 heavy (non-hydrogen) atoms. The molecule has 2 aromatic carbocycles. The Morgan fingerprint density at radius 1 is 1.09 bits per heavy atom. The lowest BCUT2D eigenvalue weighted by Crippen LogP contribution is -2.44. The second-order valence-corrected chi connectivity index (χ2v) is 9.00. The Bertz CT molecular complexity index is 1310. The van der Waals surface area contributed by atoms with Crippen LogP contribution < -0.4 is 19.5 Å². The first-order chi connectivity index (χ1) is 17.1. The Kier molecular flexibility index (Phi) is 5.28. The first kappa shape index (κ1) is 21.5. The van der Waals surface area contributed by atoms with E-state index in [2.05, 4.69) is 10.3 Å². The predicted octanol–water partition coefficient (Wildman–Crippen LogP) is 2.94. The lowest BCUT2D eigenvalue weighted by atomic mass is 9.94. The SMILES string of the molecule is Cc1ncc2c(c1CNC(=O)c1ccc3c(c1)OCO3)CCN(C(=O)C1Cc3ccccc3O1)C2. The molecule has 178 valence electrons. The molecule has 0 aliphatic carbocycles. The molecule has 0 saturated heterocycles. The van der Waals surface area contributed by atoms with Crippen LogP contribution >= 0.6 is 0 Å². The highest BCUT2D eigenvalue weighted by Gasteiger charge is 2.34. The van der Waals surface area contributed by atoms with Gasteiger partial charge in [0, 0.05) is 43.5 Å². The molecule has 0 saturated carbocycles. The van der Waals surface area contributed by atoms with Crippen LogP contribution in [0.2, 0.25) is 0 Å². The van der Waals surface area contributed by atoms with Crippen molar-refractivity contribution in [1.29, 1.82) is 0 Å². The molecule has 4 heterocycles. The van der Waals surface area contributed by atoms with Crippen molar-refractivity contribution in [2.45, 2.75) is 39.0 Å². The number of fused-ring (bicyclic) bond motifs is 3. The van der Waals surface area contributed by atoms with Crippen molar-refractivity contribution in [2.24, 2.45) is 0 Å². The van der Waals surface area contributed by atoms with Gasteiger partial charge in [0.15, 0.2) is 17.6 Å². The summed E-state index contributed by atoms with van der Waals surface area (Å²) in [6.07, 6.45) is 2.67. The number of nitrogens with zero attached hydrogens (tertiary/aromatic N) is 2. The third-order valence-corrected chi connectivity index (χ3v) is 6.89. The van der Waals surface area contributed by atoms with Gasteiger partial charge in [0.1, 0.15) is 5.75 Å². The smallest absolute Gasteiger partial charge is 0.264 e. The van der Waals surface area contributed by atoms with Crippen molar-refractivity contribution in [3.05, 3.63) is 82.2 Å². The van der Waals surface area contributed by atoms with Gasteiger partial charge in [-0.15, -0.1) is 0 Å². The van der Waals surface area contributed by atoms with Crippen LogP contribution in [0.1, 0.15) is 38.3 Å². The number of benzene rings is 2. The van der Waals surface area contributed by atoms with Crippen molar-refractivity contribution >= 4 is 11.8 Å². The van der Waals surface area contributed by atoms with E-state index in [0.29, 0.717) is 49.5 Å². The van der Waals surface area contributed by atoms with Crippen LogP contribution in [0.4, 0.5) is 0 Å². The zero-order valence-electron chi connectivity index (χ0n) is 19.4. The standard InChI is InChI=1S/C27H25N3O5/c1-16-21(13-29-26(31)18-6-7-23-24(11-18)34-15-33-23)20-8-9-30(14-19(20)12-28-16)27(32)25-10-17-4-2-3-5-22(17)35-25/h2-7,11-12,25H,8-10,13-15H2,1H3,(H,29,31). The van der Waals surface area contributed by atoms with Crippen LogP contribution in [-0.4, -0.2) is 41.1 Å². The summed E-state index contributed by atoms with van der Waals surface area (Å²) in [5.74, 6) is 1.83. The van der Waals surface area contributed by atoms with Crippen LogP contribution in [0.3, 0.4) is 0 Å². The summed E-state index contributed by atoms with van der Waals surface area (Å²) in [7, 11) is 0. The van der Waals surface area contributed by atoms with E-state index in [1.165, 1.54) is 0 Å². The Labute approximate surface area is 202 Å². The number of ether oxygens (including phenoxy) is 3. The molecule has 1 atom stereocenters. The molecule has 2 amide bonds. The normalized spacial score (nSPS) is 17.4. The fraction of sp³-hybridized carbons (Fsp3) is 0.296. The van der Waals surface area contributed by atoms with Crippen LogP contribution in [-0.2, 0) is 30.7 Å². The molecule has 0 spiro atoms. The van der Waals surface area contributed by atoms with Crippen molar-refractivity contribution in [1.82, 2.24) is 15.2 Å². The van der Waals surface area contributed by atoms with E-state index >= 15 is 0 Å². The number of nitrogens with one attached hydrogen (secondary N) is 1. The van der Waals surface area contributed by atoms with Gasteiger partial charge in [0.2, 0.25) is 6.79 Å². The molecule has 1 aromatic heterocycles. The zero-order valence-corrected chi connectivity index (χ0v) is 19.4. The van der Waals surface area contributed by atoms with Gasteiger partial charge < -0.3 is 24.4 Å². The molecule has 3 aliphatic rings. The van der Waals surface area contributed by atoms with Crippen molar-refractivity contribution in [2.75, 3.05) is 13.3 Å². The summed E-state index contributed by atoms with van der Waals surface area (Å²) in [6, 6.07) is 13.0. The van der Waals surface area contributed by atoms with Crippen molar-refractivity contribution in [3.8, 4) is 17.2 Å². The largest absolute Gasteiger partial charge is 0.480 e. The number of rotatable bonds is 4. The molecule has 1 unspecified atom stereocenters. The maximum atomic E-state index is 13.2. The summed E-state index contributed by atoms with van der Waals surface area (Å²) in [4.78, 5) is 32.4. The molecule has 0 bridgehead atoms. The summed E-state index contributed by atoms with van der Waals surface area (Å²) in [6.45, 7) is 3.57. The summed E-state index contributed by atoms with van der Waals surface area (Å²) in [5.41, 5.74) is 5.64. The monoisotopic (exact) mass is 471 g/mol. The van der Waals surface area contributed by atoms with Gasteiger partial charge in [0.25, 0.3) is 11.8 Å². The quantitative estimate of drug-likeness (QED) is 0.629. The number of aryl methyl sites for hydroxylation is 1. The molecule has 8 heteroatoms. The van der Waals surface area contributed by atoms with Gasteiger partial charge in [-0.2, -0.15) is 0 Å². The van der Waals surface area contributed by atoms with Crippen molar-refractivity contribution < 1.29 is 23.8 Å². The van der Waals surface area contributed by atoms with Gasteiger partial charge in [-0.25, -0.2) is 0 Å². The minimum Gasteiger partial charge on any atom is -0.480 e. The number of aromatic nitrogens is 1. The number of hydrogen-bond donors (Lipinski definition) is 1. The molecule has 8 nitrogen and oxygen atoms in total. The minimum absolute atomic E-state index is 0.00471. The van der Waals surface area contributed by atoms with Crippen LogP contribution in [0, 0.1) is 6.92 Å². The summed E-state index contributed by atoms with van der Waals surface area (Å²) < 4.78 is 16.6. The Hall–Kier alpha value is -4.07. The maximum absolute atomic E-state index is 13.2. The number of carbonyl (C=O) groups is 2. The van der Waals surface area contributed by atoms with E-state index in [-0.39, 0.29) is 18.6 Å². The molecule has 1 N–H and O–H groups in total. The highest BCUT2D eigenvalue weighted by Crippen LogP contribution is 2.33. The first-order valence-electron chi connectivity index (χ1n) is 11.7. The number of pyridine rings is 1. The number of para-hydroxylation sites is 1. The number of amides is 2. The Morgan fingerprint density at radius 3 is 2.83 bits per heavy atom. The van der Waals surface area contributed by atoms with E-state index in [9.17, 15) is 9.59 Å². The molecule has 0 fully saturated rings. The first-order valence-corrected chi connectivity index (χ1v) is 11.7. The maximum Gasteiger partial charge on any atom is 0.264 e. The fourth-order valence-electron chi connectivity index (χ4n) is 4.98. The number of carbonyl (C=O) groups excluding carboxylic acids is 2. The van der Waals surface area contributed by atoms with E-state index < -0.39 is 6.10 Å². The summed E-state index contributed by atoms with van der Waals surface area (Å²) >= 11 is 0. The molecular formula is C27H25N3O5. The van der Waals surface area contributed by atoms with Gasteiger partial charge in [-0.1, -0.05) is 18.2 Å². The molecule has 0 radical (unpaired) electrons. The van der Waals surface area contributed by atoms with Crippen molar-refractivity contribution in [3.63, 3.8) is 0 Å². The average Bonchev–Trinajstić information content (AvgIpc) is 3.53. The topological polar surface area (TPSA) is 90.0 Å². The van der Waals surface area contributed by atoms with Gasteiger partial charge in [-0.3, -0.25) is 14.6 Å². The fourth-order valence-corrected chi connectivity index (χ4v) is 4.98. The third-order valence-electron chi connectivity index (χ3n) is 6.89. The third kappa shape index (κ3) is 3.95. The molecule has 3 aromatic rings. The molecular weight excluding hydrogens is 446 g/mol. The van der Waals surface area contributed by atoms with E-state index in [0.717, 1.165) is 33.7 Å². The van der Waals surface area contributed by atoms with Crippen LogP contribution in [0.15, 0.2) is 48.7 Å². The van der Waals surface area contributed by atoms with Gasteiger partial charge in [0.05, 0.1) is 0 Å². The molecule has 6 rings (SSSR count). The van der Waals surface area contributed by atoms with E-state index in [1.54, 1.807) is 18.2 Å². The van der Waals surface area contributed by atoms with E-state index in [1.807, 2.05) is 42.3 Å². The highest BCUT2D eigenvalue weighted by atomic mass is 16.7. The van der Waals surface area contributed by atoms with Gasteiger partial charge in [-0.05, 0) is 59.9 Å². The van der Waals surface area contributed by atoms with E-state index in [4.69, 9.17) is 14.2 Å². The van der Waals surface area contributed by atoms with Gasteiger partial charge >= 0.3 is 0 Å². The Morgan fingerprint density at radius 2 is 1.94 bits per heavy atom. The predicted molar refractivity (Wildman–Crippen MR) is 126 cm³/mol. The lowest BCUT2D eigenvalue weighted by molar-refractivity contribution is -0.138. The minimum atomic E-state index is -0.479. The lowest BCUT2D eigenvalue weighted by Gasteiger charge is -2.32. The highest BCUT2D eigenvalue weighted by molar-refractivity contribution is 5.95. The summed E-state index contributed by atoms with van der Waals surface area (Å²) in [5, 5.41) is 3.01.